The highest BCUT2D eigenvalue weighted by Crippen LogP contribution is 2.27. The zero-order valence-electron chi connectivity index (χ0n) is 11.3. The minimum absolute atomic E-state index is 0.0762. The van der Waals surface area contributed by atoms with Gasteiger partial charge in [0, 0.05) is 12.1 Å². The van der Waals surface area contributed by atoms with Crippen molar-refractivity contribution >= 4 is 5.91 Å². The summed E-state index contributed by atoms with van der Waals surface area (Å²) in [6.07, 6.45) is 5.73. The van der Waals surface area contributed by atoms with Crippen LogP contribution in [-0.2, 0) is 4.79 Å². The fraction of sp³-hybridized carbons (Fsp3) is 0.786. The third-order valence-electron chi connectivity index (χ3n) is 3.37. The molecule has 0 aromatic carbocycles. The molecule has 16 heavy (non-hydrogen) atoms. The van der Waals surface area contributed by atoms with E-state index in [2.05, 4.69) is 40.7 Å². The second kappa shape index (κ2) is 5.51. The molecule has 0 unspecified atom stereocenters. The normalized spacial score (nSPS) is 17.8. The monoisotopic (exact) mass is 223 g/mol. The fourth-order valence-corrected chi connectivity index (χ4v) is 2.58. The summed E-state index contributed by atoms with van der Waals surface area (Å²) in [5, 5.41) is 0. The molecule has 1 aliphatic carbocycles. The maximum Gasteiger partial charge on any atom is 0.229 e. The molecule has 1 amide bonds. The van der Waals surface area contributed by atoms with E-state index < -0.39 is 0 Å². The van der Waals surface area contributed by atoms with Gasteiger partial charge in [-0.05, 0) is 53.9 Å². The molecule has 0 aromatic heterocycles. The Morgan fingerprint density at radius 2 is 1.75 bits per heavy atom. The van der Waals surface area contributed by atoms with E-state index in [1.807, 2.05) is 4.90 Å². The molecule has 0 saturated carbocycles. The third-order valence-corrected chi connectivity index (χ3v) is 3.37. The van der Waals surface area contributed by atoms with Gasteiger partial charge in [0.1, 0.15) is 0 Å². The lowest BCUT2D eigenvalue weighted by Gasteiger charge is -2.33. The average Bonchev–Trinajstić information content (AvgIpc) is 2.67. The quantitative estimate of drug-likeness (QED) is 0.669. The first-order chi connectivity index (χ1) is 7.45. The van der Waals surface area contributed by atoms with Gasteiger partial charge in [0.15, 0.2) is 0 Å². The van der Waals surface area contributed by atoms with Crippen molar-refractivity contribution in [3.05, 3.63) is 11.6 Å². The Labute approximate surface area is 99.7 Å². The molecular weight excluding hydrogens is 198 g/mol. The number of nitrogens with zero attached hydrogens (tertiary/aromatic N) is 1. The summed E-state index contributed by atoms with van der Waals surface area (Å²) in [6.45, 7) is 10.4. The number of carbonyl (C=O) groups is 1. The van der Waals surface area contributed by atoms with Gasteiger partial charge in [0.05, 0.1) is 5.92 Å². The van der Waals surface area contributed by atoms with Crippen molar-refractivity contribution in [3.63, 3.8) is 0 Å². The molecule has 1 rings (SSSR count). The largest absolute Gasteiger partial charge is 0.337 e. The zero-order chi connectivity index (χ0) is 12.3. The van der Waals surface area contributed by atoms with Gasteiger partial charge in [0.2, 0.25) is 5.91 Å². The van der Waals surface area contributed by atoms with Crippen LogP contribution in [0.4, 0.5) is 0 Å². The molecule has 92 valence electrons. The zero-order valence-corrected chi connectivity index (χ0v) is 11.3. The lowest BCUT2D eigenvalue weighted by atomic mass is 9.97. The van der Waals surface area contributed by atoms with Crippen molar-refractivity contribution in [1.82, 2.24) is 4.90 Å². The maximum atomic E-state index is 12.4. The van der Waals surface area contributed by atoms with E-state index in [9.17, 15) is 4.79 Å². The van der Waals surface area contributed by atoms with E-state index in [0.29, 0.717) is 0 Å². The molecule has 1 aliphatic rings. The van der Waals surface area contributed by atoms with Crippen molar-refractivity contribution in [2.75, 3.05) is 0 Å². The van der Waals surface area contributed by atoms with Gasteiger partial charge in [-0.1, -0.05) is 11.6 Å². The topological polar surface area (TPSA) is 20.3 Å². The van der Waals surface area contributed by atoms with Gasteiger partial charge in [-0.3, -0.25) is 4.79 Å². The summed E-state index contributed by atoms with van der Waals surface area (Å²) in [5.74, 6) is 0.366. The minimum atomic E-state index is 0.0762. The van der Waals surface area contributed by atoms with Gasteiger partial charge in [-0.15, -0.1) is 0 Å². The number of rotatable bonds is 4. The molecule has 0 saturated heterocycles. The Hall–Kier alpha value is -0.790. The number of hydrogen-bond donors (Lipinski definition) is 0. The lowest BCUT2D eigenvalue weighted by molar-refractivity contribution is -0.137. The molecule has 2 heteroatoms. The highest BCUT2D eigenvalue weighted by molar-refractivity contribution is 5.82. The van der Waals surface area contributed by atoms with Gasteiger partial charge < -0.3 is 4.90 Å². The van der Waals surface area contributed by atoms with Crippen LogP contribution < -0.4 is 0 Å². The van der Waals surface area contributed by atoms with E-state index in [0.717, 1.165) is 12.8 Å². The van der Waals surface area contributed by atoms with E-state index in [1.165, 1.54) is 12.0 Å². The summed E-state index contributed by atoms with van der Waals surface area (Å²) >= 11 is 0. The molecule has 0 aliphatic heterocycles. The average molecular weight is 223 g/mol. The van der Waals surface area contributed by atoms with Crippen molar-refractivity contribution in [3.8, 4) is 0 Å². The van der Waals surface area contributed by atoms with Crippen LogP contribution in [0.1, 0.15) is 53.9 Å². The molecular formula is C14H25NO. The van der Waals surface area contributed by atoms with Crippen molar-refractivity contribution in [2.24, 2.45) is 5.92 Å². The SMILES string of the molecule is CC(C)N(C(=O)[C@H](C)C1=CCCC1)C(C)C. The first kappa shape index (κ1) is 13.3. The molecule has 0 spiro atoms. The van der Waals surface area contributed by atoms with Crippen LogP contribution in [0.15, 0.2) is 11.6 Å². The van der Waals surface area contributed by atoms with Gasteiger partial charge in [-0.25, -0.2) is 0 Å². The van der Waals surface area contributed by atoms with E-state index >= 15 is 0 Å². The molecule has 0 radical (unpaired) electrons. The maximum absolute atomic E-state index is 12.4. The van der Waals surface area contributed by atoms with Crippen LogP contribution in [0, 0.1) is 5.92 Å². The summed E-state index contributed by atoms with van der Waals surface area (Å²) in [4.78, 5) is 14.4. The van der Waals surface area contributed by atoms with Gasteiger partial charge in [-0.2, -0.15) is 0 Å². The van der Waals surface area contributed by atoms with Crippen LogP contribution in [-0.4, -0.2) is 22.9 Å². The first-order valence-corrected chi connectivity index (χ1v) is 6.46. The summed E-state index contributed by atoms with van der Waals surface area (Å²) in [5.41, 5.74) is 1.34. The number of hydrogen-bond acceptors (Lipinski definition) is 1. The van der Waals surface area contributed by atoms with Crippen LogP contribution in [0.3, 0.4) is 0 Å². The molecule has 0 fully saturated rings. The second-order valence-electron chi connectivity index (χ2n) is 5.33. The molecule has 2 nitrogen and oxygen atoms in total. The van der Waals surface area contributed by atoms with Gasteiger partial charge >= 0.3 is 0 Å². The van der Waals surface area contributed by atoms with Crippen molar-refractivity contribution < 1.29 is 4.79 Å². The highest BCUT2D eigenvalue weighted by Gasteiger charge is 2.27. The first-order valence-electron chi connectivity index (χ1n) is 6.46. The third kappa shape index (κ3) is 2.87. The van der Waals surface area contributed by atoms with Crippen molar-refractivity contribution in [1.29, 1.82) is 0 Å². The molecule has 0 bridgehead atoms. The molecule has 0 N–H and O–H groups in total. The minimum Gasteiger partial charge on any atom is -0.337 e. The Balaban J connectivity index is 2.74. The summed E-state index contributed by atoms with van der Waals surface area (Å²) < 4.78 is 0. The Morgan fingerprint density at radius 3 is 2.12 bits per heavy atom. The van der Waals surface area contributed by atoms with Crippen LogP contribution in [0.2, 0.25) is 0 Å². The van der Waals surface area contributed by atoms with Crippen LogP contribution in [0.5, 0.6) is 0 Å². The van der Waals surface area contributed by atoms with E-state index in [4.69, 9.17) is 0 Å². The van der Waals surface area contributed by atoms with Crippen molar-refractivity contribution in [2.45, 2.75) is 66.0 Å². The predicted octanol–water partition coefficient (Wildman–Crippen LogP) is 3.38. The molecule has 1 atom stereocenters. The Morgan fingerprint density at radius 1 is 1.19 bits per heavy atom. The standard InChI is InChI=1S/C14H25NO/c1-10(2)15(11(3)4)14(16)12(5)13-8-6-7-9-13/h8,10-12H,6-7,9H2,1-5H3/t12-/m1/s1. The van der Waals surface area contributed by atoms with Gasteiger partial charge in [0.25, 0.3) is 0 Å². The smallest absolute Gasteiger partial charge is 0.229 e. The van der Waals surface area contributed by atoms with E-state index in [1.54, 1.807) is 0 Å². The summed E-state index contributed by atoms with van der Waals surface area (Å²) in [7, 11) is 0. The Kier molecular flexibility index (Phi) is 4.57. The molecule has 0 aromatic rings. The van der Waals surface area contributed by atoms with Crippen LogP contribution >= 0.6 is 0 Å². The predicted molar refractivity (Wildman–Crippen MR) is 68.2 cm³/mol. The number of allylic oxidation sites excluding steroid dienone is 1. The molecule has 0 heterocycles. The van der Waals surface area contributed by atoms with Crippen LogP contribution in [0.25, 0.3) is 0 Å². The fourth-order valence-electron chi connectivity index (χ4n) is 2.58. The number of amides is 1. The summed E-state index contributed by atoms with van der Waals surface area (Å²) in [6, 6.07) is 0.578. The van der Waals surface area contributed by atoms with E-state index in [-0.39, 0.29) is 23.9 Å². The number of carbonyl (C=O) groups excluding carboxylic acids is 1. The highest BCUT2D eigenvalue weighted by atomic mass is 16.2. The Bertz CT molecular complexity index is 270. The second-order valence-corrected chi connectivity index (χ2v) is 5.33. The lowest BCUT2D eigenvalue weighted by Crippen LogP contribution is -2.45.